The molecular formula is C14H13ClN2O3S. The van der Waals surface area contributed by atoms with Crippen LogP contribution in [0.2, 0.25) is 5.02 Å². The predicted molar refractivity (Wildman–Crippen MR) is 82.4 cm³/mol. The monoisotopic (exact) mass is 324 g/mol. The van der Waals surface area contributed by atoms with Gasteiger partial charge in [-0.1, -0.05) is 17.7 Å². The molecule has 0 aliphatic rings. The Morgan fingerprint density at radius 1 is 1.19 bits per heavy atom. The maximum Gasteiger partial charge on any atom is 0.313 e. The molecule has 0 saturated heterocycles. The number of carbonyl (C=O) groups excluding carboxylic acids is 2. The molecule has 1 atom stereocenters. The molecule has 0 fully saturated rings. The van der Waals surface area contributed by atoms with E-state index in [2.05, 4.69) is 10.6 Å². The summed E-state index contributed by atoms with van der Waals surface area (Å²) in [5, 5.41) is 17.0. The quantitative estimate of drug-likeness (QED) is 0.754. The number of aliphatic hydroxyl groups is 1. The maximum atomic E-state index is 11.7. The number of amides is 2. The second kappa shape index (κ2) is 7.21. The molecule has 110 valence electrons. The molecule has 21 heavy (non-hydrogen) atoms. The van der Waals surface area contributed by atoms with Crippen molar-refractivity contribution in [1.29, 1.82) is 0 Å². The summed E-state index contributed by atoms with van der Waals surface area (Å²) in [7, 11) is 0. The number of anilines is 1. The normalized spacial score (nSPS) is 11.7. The molecule has 1 aromatic heterocycles. The van der Waals surface area contributed by atoms with E-state index in [1.807, 2.05) is 5.38 Å². The number of nitrogens with one attached hydrogen (secondary N) is 2. The average Bonchev–Trinajstić information content (AvgIpc) is 3.01. The van der Waals surface area contributed by atoms with E-state index in [-0.39, 0.29) is 6.54 Å². The van der Waals surface area contributed by atoms with Crippen molar-refractivity contribution in [2.45, 2.75) is 6.10 Å². The van der Waals surface area contributed by atoms with Gasteiger partial charge in [-0.3, -0.25) is 9.59 Å². The van der Waals surface area contributed by atoms with Crippen LogP contribution in [-0.4, -0.2) is 23.5 Å². The Morgan fingerprint density at radius 2 is 1.90 bits per heavy atom. The molecule has 2 aromatic rings. The van der Waals surface area contributed by atoms with Crippen molar-refractivity contribution in [3.8, 4) is 0 Å². The van der Waals surface area contributed by atoms with Gasteiger partial charge >= 0.3 is 11.8 Å². The molecule has 0 aliphatic heterocycles. The van der Waals surface area contributed by atoms with Gasteiger partial charge in [0.05, 0.1) is 0 Å². The summed E-state index contributed by atoms with van der Waals surface area (Å²) < 4.78 is 0. The minimum absolute atomic E-state index is 0.0205. The number of carbonyl (C=O) groups is 2. The van der Waals surface area contributed by atoms with Crippen LogP contribution in [0.15, 0.2) is 41.8 Å². The molecule has 2 rings (SSSR count). The summed E-state index contributed by atoms with van der Waals surface area (Å²) in [6.45, 7) is -0.0205. The zero-order chi connectivity index (χ0) is 15.2. The molecule has 1 aromatic carbocycles. The Hall–Kier alpha value is -1.89. The van der Waals surface area contributed by atoms with Gasteiger partial charge in [-0.05, 0) is 35.7 Å². The van der Waals surface area contributed by atoms with Crippen LogP contribution in [0.25, 0.3) is 0 Å². The zero-order valence-corrected chi connectivity index (χ0v) is 12.4. The van der Waals surface area contributed by atoms with E-state index >= 15 is 0 Å². The van der Waals surface area contributed by atoms with Crippen LogP contribution in [0, 0.1) is 0 Å². The van der Waals surface area contributed by atoms with E-state index in [9.17, 15) is 14.7 Å². The molecule has 7 heteroatoms. The standard InChI is InChI=1S/C14H13ClN2O3S/c15-9-3-5-10(6-4-9)17-14(20)13(19)16-8-11(18)12-2-1-7-21-12/h1-7,11,18H,8H2,(H,16,19)(H,17,20). The Balaban J connectivity index is 1.82. The molecular weight excluding hydrogens is 312 g/mol. The Kier molecular flexibility index (Phi) is 5.32. The van der Waals surface area contributed by atoms with E-state index in [1.54, 1.807) is 36.4 Å². The average molecular weight is 325 g/mol. The fraction of sp³-hybridized carbons (Fsp3) is 0.143. The van der Waals surface area contributed by atoms with Crippen molar-refractivity contribution in [2.24, 2.45) is 0 Å². The van der Waals surface area contributed by atoms with Gasteiger partial charge in [0.15, 0.2) is 0 Å². The number of hydrogen-bond donors (Lipinski definition) is 3. The molecule has 0 spiro atoms. The van der Waals surface area contributed by atoms with Gasteiger partial charge in [0, 0.05) is 22.1 Å². The van der Waals surface area contributed by atoms with Crippen LogP contribution in [-0.2, 0) is 9.59 Å². The second-order valence-electron chi connectivity index (χ2n) is 4.20. The number of aliphatic hydroxyl groups excluding tert-OH is 1. The Labute approximate surface area is 130 Å². The summed E-state index contributed by atoms with van der Waals surface area (Å²) in [5.41, 5.74) is 0.471. The van der Waals surface area contributed by atoms with Gasteiger partial charge in [0.2, 0.25) is 0 Å². The van der Waals surface area contributed by atoms with E-state index in [4.69, 9.17) is 11.6 Å². The minimum atomic E-state index is -0.822. The summed E-state index contributed by atoms with van der Waals surface area (Å²) in [6, 6.07) is 9.96. The van der Waals surface area contributed by atoms with Gasteiger partial charge in [-0.25, -0.2) is 0 Å². The van der Waals surface area contributed by atoms with Crippen molar-refractivity contribution in [1.82, 2.24) is 5.32 Å². The maximum absolute atomic E-state index is 11.7. The molecule has 2 amide bonds. The number of rotatable bonds is 4. The first kappa shape index (κ1) is 15.5. The highest BCUT2D eigenvalue weighted by Crippen LogP contribution is 2.17. The Morgan fingerprint density at radius 3 is 2.52 bits per heavy atom. The first-order chi connectivity index (χ1) is 10.1. The zero-order valence-electron chi connectivity index (χ0n) is 10.9. The number of halogens is 1. The van der Waals surface area contributed by atoms with Crippen molar-refractivity contribution >= 4 is 40.4 Å². The first-order valence-corrected chi connectivity index (χ1v) is 7.38. The van der Waals surface area contributed by atoms with Gasteiger partial charge < -0.3 is 15.7 Å². The van der Waals surface area contributed by atoms with Crippen LogP contribution in [0.3, 0.4) is 0 Å². The highest BCUT2D eigenvalue weighted by atomic mass is 35.5. The third-order valence-electron chi connectivity index (χ3n) is 2.64. The van der Waals surface area contributed by atoms with Crippen molar-refractivity contribution in [2.75, 3.05) is 11.9 Å². The third-order valence-corrected chi connectivity index (χ3v) is 3.86. The Bertz CT molecular complexity index is 614. The fourth-order valence-corrected chi connectivity index (χ4v) is 2.41. The molecule has 0 bridgehead atoms. The van der Waals surface area contributed by atoms with Crippen LogP contribution < -0.4 is 10.6 Å². The van der Waals surface area contributed by atoms with Crippen molar-refractivity contribution in [3.63, 3.8) is 0 Å². The lowest BCUT2D eigenvalue weighted by atomic mass is 10.3. The highest BCUT2D eigenvalue weighted by Gasteiger charge is 2.16. The van der Waals surface area contributed by atoms with E-state index in [1.165, 1.54) is 11.3 Å². The van der Waals surface area contributed by atoms with E-state index < -0.39 is 17.9 Å². The molecule has 0 radical (unpaired) electrons. The summed E-state index contributed by atoms with van der Waals surface area (Å²) in [5.74, 6) is -1.60. The van der Waals surface area contributed by atoms with Crippen LogP contribution in [0.4, 0.5) is 5.69 Å². The van der Waals surface area contributed by atoms with Gasteiger partial charge in [0.1, 0.15) is 6.10 Å². The van der Waals surface area contributed by atoms with Gasteiger partial charge in [-0.2, -0.15) is 0 Å². The molecule has 3 N–H and O–H groups in total. The summed E-state index contributed by atoms with van der Waals surface area (Å²) in [6.07, 6.45) is -0.822. The number of thiophene rings is 1. The lowest BCUT2D eigenvalue weighted by Gasteiger charge is -2.10. The van der Waals surface area contributed by atoms with Crippen LogP contribution in [0.5, 0.6) is 0 Å². The number of benzene rings is 1. The molecule has 1 unspecified atom stereocenters. The summed E-state index contributed by atoms with van der Waals surface area (Å²) in [4.78, 5) is 24.0. The fourth-order valence-electron chi connectivity index (χ4n) is 1.57. The smallest absolute Gasteiger partial charge is 0.313 e. The lowest BCUT2D eigenvalue weighted by molar-refractivity contribution is -0.136. The molecule has 0 aliphatic carbocycles. The predicted octanol–water partition coefficient (Wildman–Crippen LogP) is 2.19. The summed E-state index contributed by atoms with van der Waals surface area (Å²) >= 11 is 7.11. The van der Waals surface area contributed by atoms with Crippen LogP contribution in [0.1, 0.15) is 11.0 Å². The van der Waals surface area contributed by atoms with Gasteiger partial charge in [0.25, 0.3) is 0 Å². The number of hydrogen-bond acceptors (Lipinski definition) is 4. The first-order valence-electron chi connectivity index (χ1n) is 6.12. The van der Waals surface area contributed by atoms with Crippen molar-refractivity contribution < 1.29 is 14.7 Å². The molecule has 1 heterocycles. The molecule has 0 saturated carbocycles. The second-order valence-corrected chi connectivity index (χ2v) is 5.62. The molecule has 5 nitrogen and oxygen atoms in total. The SMILES string of the molecule is O=C(NCC(O)c1cccs1)C(=O)Nc1ccc(Cl)cc1. The van der Waals surface area contributed by atoms with E-state index in [0.717, 1.165) is 4.88 Å². The van der Waals surface area contributed by atoms with Crippen LogP contribution >= 0.6 is 22.9 Å². The van der Waals surface area contributed by atoms with Gasteiger partial charge in [-0.15, -0.1) is 11.3 Å². The highest BCUT2D eigenvalue weighted by molar-refractivity contribution is 7.10. The third kappa shape index (κ3) is 4.56. The van der Waals surface area contributed by atoms with E-state index in [0.29, 0.717) is 10.7 Å². The lowest BCUT2D eigenvalue weighted by Crippen LogP contribution is -2.37. The van der Waals surface area contributed by atoms with Crippen molar-refractivity contribution in [3.05, 3.63) is 51.7 Å². The minimum Gasteiger partial charge on any atom is -0.386 e. The largest absolute Gasteiger partial charge is 0.386 e. The topological polar surface area (TPSA) is 78.4 Å².